The highest BCUT2D eigenvalue weighted by Crippen LogP contribution is 2.20. The fourth-order valence-electron chi connectivity index (χ4n) is 2.05. The van der Waals surface area contributed by atoms with Crippen LogP contribution in [0.4, 0.5) is 5.13 Å². The fraction of sp³-hybridized carbons (Fsp3) is 0.727. The van der Waals surface area contributed by atoms with E-state index in [0.29, 0.717) is 13.1 Å². The molecule has 1 N–H and O–H groups in total. The summed E-state index contributed by atoms with van der Waals surface area (Å²) in [7, 11) is -3.04. The lowest BCUT2D eigenvalue weighted by Gasteiger charge is -2.32. The van der Waals surface area contributed by atoms with Crippen LogP contribution in [-0.4, -0.2) is 61.6 Å². The fourth-order valence-corrected chi connectivity index (χ4v) is 3.80. The Morgan fingerprint density at radius 1 is 1.37 bits per heavy atom. The van der Waals surface area contributed by atoms with E-state index in [4.69, 9.17) is 0 Å². The van der Waals surface area contributed by atoms with Crippen molar-refractivity contribution in [3.63, 3.8) is 0 Å². The first-order valence-electron chi connectivity index (χ1n) is 6.35. The number of thiazole rings is 1. The molecule has 0 atom stereocenters. The van der Waals surface area contributed by atoms with Crippen molar-refractivity contribution in [2.45, 2.75) is 13.5 Å². The molecule has 0 amide bonds. The third-order valence-corrected chi connectivity index (χ3v) is 5.30. The van der Waals surface area contributed by atoms with Crippen LogP contribution >= 0.6 is 11.3 Å². The van der Waals surface area contributed by atoms with Crippen molar-refractivity contribution < 1.29 is 8.42 Å². The van der Waals surface area contributed by atoms with Crippen LogP contribution in [0.3, 0.4) is 0 Å². The number of anilines is 1. The summed E-state index contributed by atoms with van der Waals surface area (Å²) in [5, 5.41) is 4.14. The average Bonchev–Trinajstić information content (AvgIpc) is 2.77. The van der Waals surface area contributed by atoms with E-state index in [1.54, 1.807) is 15.6 Å². The second kappa shape index (κ2) is 6.17. The van der Waals surface area contributed by atoms with E-state index in [1.165, 1.54) is 11.1 Å². The number of rotatable bonds is 5. The number of aromatic nitrogens is 1. The number of piperazine rings is 1. The molecule has 0 aliphatic carbocycles. The Hall–Kier alpha value is -0.700. The Balaban J connectivity index is 1.85. The van der Waals surface area contributed by atoms with Crippen molar-refractivity contribution in [3.05, 3.63) is 11.1 Å². The molecule has 0 aromatic carbocycles. The third kappa shape index (κ3) is 4.13. The van der Waals surface area contributed by atoms with Gasteiger partial charge in [0.05, 0.1) is 6.26 Å². The first-order valence-corrected chi connectivity index (χ1v) is 9.01. The van der Waals surface area contributed by atoms with Crippen LogP contribution in [0.5, 0.6) is 0 Å². The molecule has 0 unspecified atom stereocenters. The quantitative estimate of drug-likeness (QED) is 0.865. The number of hydrogen-bond donors (Lipinski definition) is 1. The molecule has 6 nitrogen and oxygen atoms in total. The zero-order valence-electron chi connectivity index (χ0n) is 11.3. The number of nitrogens with one attached hydrogen (secondary N) is 1. The van der Waals surface area contributed by atoms with Crippen molar-refractivity contribution >= 4 is 26.5 Å². The van der Waals surface area contributed by atoms with Gasteiger partial charge in [-0.15, -0.1) is 11.3 Å². The van der Waals surface area contributed by atoms with Gasteiger partial charge in [-0.2, -0.15) is 4.31 Å². The maximum Gasteiger partial charge on any atom is 0.211 e. The first-order chi connectivity index (χ1) is 8.99. The molecule has 0 spiro atoms. The Morgan fingerprint density at radius 2 is 2.05 bits per heavy atom. The van der Waals surface area contributed by atoms with Gasteiger partial charge in [-0.25, -0.2) is 13.4 Å². The molecule has 8 heteroatoms. The van der Waals surface area contributed by atoms with E-state index in [-0.39, 0.29) is 0 Å². The van der Waals surface area contributed by atoms with Crippen LogP contribution in [0.15, 0.2) is 6.20 Å². The molecular formula is C11H20N4O2S2. The maximum absolute atomic E-state index is 11.4. The van der Waals surface area contributed by atoms with Gasteiger partial charge in [0.15, 0.2) is 5.13 Å². The molecule has 1 aliphatic heterocycles. The minimum Gasteiger partial charge on any atom is -0.362 e. The van der Waals surface area contributed by atoms with Crippen molar-refractivity contribution in [2.75, 3.05) is 44.3 Å². The molecule has 0 bridgehead atoms. The zero-order valence-corrected chi connectivity index (χ0v) is 12.9. The predicted molar refractivity (Wildman–Crippen MR) is 78.0 cm³/mol. The summed E-state index contributed by atoms with van der Waals surface area (Å²) in [5.74, 6) is 0. The monoisotopic (exact) mass is 304 g/mol. The predicted octanol–water partition coefficient (Wildman–Crippen LogP) is 0.652. The minimum absolute atomic E-state index is 0.581. The Labute approximate surface area is 118 Å². The molecule has 19 heavy (non-hydrogen) atoms. The van der Waals surface area contributed by atoms with Gasteiger partial charge >= 0.3 is 0 Å². The lowest BCUT2D eigenvalue weighted by atomic mass is 10.3. The lowest BCUT2D eigenvalue weighted by Crippen LogP contribution is -2.47. The third-order valence-electron chi connectivity index (χ3n) is 3.06. The molecule has 108 valence electrons. The summed E-state index contributed by atoms with van der Waals surface area (Å²) in [6.07, 6.45) is 3.17. The molecule has 1 saturated heterocycles. The van der Waals surface area contributed by atoms with Gasteiger partial charge < -0.3 is 5.32 Å². The van der Waals surface area contributed by atoms with Crippen LogP contribution in [0.25, 0.3) is 0 Å². The minimum atomic E-state index is -3.04. The van der Waals surface area contributed by atoms with Crippen LogP contribution in [0, 0.1) is 0 Å². The molecule has 1 aliphatic rings. The van der Waals surface area contributed by atoms with Crippen LogP contribution in [0.1, 0.15) is 11.8 Å². The summed E-state index contributed by atoms with van der Waals surface area (Å²) in [4.78, 5) is 7.78. The Morgan fingerprint density at radius 3 is 2.63 bits per heavy atom. The number of sulfonamides is 1. The van der Waals surface area contributed by atoms with E-state index in [2.05, 4.69) is 15.2 Å². The van der Waals surface area contributed by atoms with E-state index >= 15 is 0 Å². The van der Waals surface area contributed by atoms with E-state index < -0.39 is 10.0 Å². The van der Waals surface area contributed by atoms with Crippen molar-refractivity contribution in [1.29, 1.82) is 0 Å². The molecule has 2 rings (SSSR count). The van der Waals surface area contributed by atoms with Crippen LogP contribution in [-0.2, 0) is 16.6 Å². The largest absolute Gasteiger partial charge is 0.362 e. The second-order valence-corrected chi connectivity index (χ2v) is 7.70. The number of nitrogens with zero attached hydrogens (tertiary/aromatic N) is 3. The SMILES string of the molecule is CCNc1ncc(CN2CCN(S(C)(=O)=O)CC2)s1. The molecule has 2 heterocycles. The van der Waals surface area contributed by atoms with Gasteiger partial charge in [-0.05, 0) is 6.92 Å². The van der Waals surface area contributed by atoms with E-state index in [9.17, 15) is 8.42 Å². The first kappa shape index (κ1) is 14.7. The van der Waals surface area contributed by atoms with Crippen molar-refractivity contribution in [1.82, 2.24) is 14.2 Å². The molecule has 1 aromatic rings. The highest BCUT2D eigenvalue weighted by Gasteiger charge is 2.23. The summed E-state index contributed by atoms with van der Waals surface area (Å²) in [5.41, 5.74) is 0. The van der Waals surface area contributed by atoms with Gasteiger partial charge in [-0.1, -0.05) is 0 Å². The summed E-state index contributed by atoms with van der Waals surface area (Å²) < 4.78 is 24.4. The summed E-state index contributed by atoms with van der Waals surface area (Å²) in [6, 6.07) is 0. The summed E-state index contributed by atoms with van der Waals surface area (Å²) in [6.45, 7) is 6.49. The molecule has 1 fully saturated rings. The van der Waals surface area contributed by atoms with Crippen molar-refractivity contribution in [2.24, 2.45) is 0 Å². The molecule has 1 aromatic heterocycles. The lowest BCUT2D eigenvalue weighted by molar-refractivity contribution is 0.183. The smallest absolute Gasteiger partial charge is 0.211 e. The Bertz CT molecular complexity index is 507. The van der Waals surface area contributed by atoms with Crippen molar-refractivity contribution in [3.8, 4) is 0 Å². The highest BCUT2D eigenvalue weighted by molar-refractivity contribution is 7.88. The Kier molecular flexibility index (Phi) is 4.77. The highest BCUT2D eigenvalue weighted by atomic mass is 32.2. The van der Waals surface area contributed by atoms with E-state index in [1.807, 2.05) is 13.1 Å². The maximum atomic E-state index is 11.4. The standard InChI is InChI=1S/C11H20N4O2S2/c1-3-12-11-13-8-10(18-11)9-14-4-6-15(7-5-14)19(2,16)17/h8H,3-7,9H2,1-2H3,(H,12,13). The van der Waals surface area contributed by atoms with Gasteiger partial charge in [0.2, 0.25) is 10.0 Å². The molecular weight excluding hydrogens is 284 g/mol. The second-order valence-electron chi connectivity index (χ2n) is 4.60. The molecule has 0 saturated carbocycles. The van der Waals surface area contributed by atoms with Gasteiger partial charge in [0.25, 0.3) is 0 Å². The zero-order chi connectivity index (χ0) is 13.9. The van der Waals surface area contributed by atoms with Crippen LogP contribution < -0.4 is 5.32 Å². The topological polar surface area (TPSA) is 65.5 Å². The van der Waals surface area contributed by atoms with Crippen LogP contribution in [0.2, 0.25) is 0 Å². The van der Waals surface area contributed by atoms with Gasteiger partial charge in [-0.3, -0.25) is 4.90 Å². The van der Waals surface area contributed by atoms with Gasteiger partial charge in [0.1, 0.15) is 0 Å². The average molecular weight is 304 g/mol. The molecule has 0 radical (unpaired) electrons. The number of hydrogen-bond acceptors (Lipinski definition) is 6. The normalized spacial score (nSPS) is 18.6. The van der Waals surface area contributed by atoms with Gasteiger partial charge in [0, 0.05) is 50.3 Å². The van der Waals surface area contributed by atoms with E-state index in [0.717, 1.165) is 31.3 Å². The summed E-state index contributed by atoms with van der Waals surface area (Å²) >= 11 is 1.66.